The van der Waals surface area contributed by atoms with Crippen molar-refractivity contribution in [2.24, 2.45) is 23.3 Å². The number of aryl methyl sites for hydroxylation is 2. The largest absolute Gasteiger partial charge is 0.478 e. The number of hydrogen-bond acceptors (Lipinski definition) is 8. The highest BCUT2D eigenvalue weighted by Crippen LogP contribution is 2.34. The molecule has 4 aromatic rings. The van der Waals surface area contributed by atoms with Crippen LogP contribution in [0, 0.1) is 60.6 Å². The van der Waals surface area contributed by atoms with Crippen molar-refractivity contribution in [2.45, 2.75) is 76.5 Å². The zero-order valence-electron chi connectivity index (χ0n) is 39.6. The molecule has 20 heteroatoms. The maximum absolute atomic E-state index is 13.9. The Morgan fingerprint density at radius 1 is 0.556 bits per heavy atom. The fourth-order valence-electron chi connectivity index (χ4n) is 9.77. The van der Waals surface area contributed by atoms with E-state index in [1.54, 1.807) is 31.7 Å². The molecule has 72 heavy (non-hydrogen) atoms. The number of nitrogens with zero attached hydrogens (tertiary/aromatic N) is 4. The number of benzene rings is 4. The number of carbonyl (C=O) groups excluding carboxylic acids is 4. The van der Waals surface area contributed by atoms with Crippen molar-refractivity contribution < 1.29 is 65.3 Å². The minimum Gasteiger partial charge on any atom is -0.478 e. The number of fused-ring (bicyclic) bond motifs is 2. The Balaban J connectivity index is 0.000000205. The third-order valence-electron chi connectivity index (χ3n) is 13.2. The molecule has 0 radical (unpaired) electrons. The molecule has 0 bridgehead atoms. The number of likely N-dealkylation sites (tertiary alicyclic amines) is 4. The van der Waals surface area contributed by atoms with Crippen LogP contribution in [-0.4, -0.2) is 129 Å². The molecule has 4 aliphatic heterocycles. The summed E-state index contributed by atoms with van der Waals surface area (Å²) in [6, 6.07) is 15.8. The van der Waals surface area contributed by atoms with Crippen molar-refractivity contribution in [3.05, 3.63) is 153 Å². The lowest BCUT2D eigenvalue weighted by Gasteiger charge is -2.26. The van der Waals surface area contributed by atoms with E-state index in [1.165, 1.54) is 0 Å². The Morgan fingerprint density at radius 2 is 0.917 bits per heavy atom. The van der Waals surface area contributed by atoms with E-state index < -0.39 is 58.9 Å². The molecule has 4 fully saturated rings. The SMILES string of the molecule is Cc1cccc(C(=O)N2C[C@@H]3CCN(C(=O)C[C@H](N)Cc4cc(F)c(F)cc4F)[C@@H]3C2)c1.Cc1cccc(C(=O)N2C[C@@H]3CCN(C(=O)C[C@H](N)Cc4cc(F)c(F)cc4F)[C@@H]3C2)c1.O=C(O)/C=C/C(=O)O. The maximum Gasteiger partial charge on any atom is 0.328 e. The fraction of sp³-hybridized carbons (Fsp3) is 0.385. The van der Waals surface area contributed by atoms with Crippen LogP contribution in [0.4, 0.5) is 26.3 Å². The maximum atomic E-state index is 13.9. The summed E-state index contributed by atoms with van der Waals surface area (Å²) in [5.41, 5.74) is 15.3. The first-order valence-electron chi connectivity index (χ1n) is 23.3. The lowest BCUT2D eigenvalue weighted by Crippen LogP contribution is -2.43. The molecule has 8 rings (SSSR count). The van der Waals surface area contributed by atoms with E-state index in [4.69, 9.17) is 21.7 Å². The lowest BCUT2D eigenvalue weighted by molar-refractivity contribution is -0.134. The Labute approximate surface area is 411 Å². The number of hydrogen-bond donors (Lipinski definition) is 4. The van der Waals surface area contributed by atoms with Gasteiger partial charge in [-0.15, -0.1) is 0 Å². The lowest BCUT2D eigenvalue weighted by atomic mass is 10.0. The van der Waals surface area contributed by atoms with Crippen LogP contribution in [0.25, 0.3) is 0 Å². The van der Waals surface area contributed by atoms with Gasteiger partial charge in [0.25, 0.3) is 11.8 Å². The second-order valence-corrected chi connectivity index (χ2v) is 18.6. The summed E-state index contributed by atoms with van der Waals surface area (Å²) in [6.07, 6.45) is 2.51. The Hall–Kier alpha value is -7.06. The molecule has 14 nitrogen and oxygen atoms in total. The third-order valence-corrected chi connectivity index (χ3v) is 13.2. The minimum atomic E-state index is -1.26. The van der Waals surface area contributed by atoms with Gasteiger partial charge in [0.15, 0.2) is 23.3 Å². The summed E-state index contributed by atoms with van der Waals surface area (Å²) in [5, 5.41) is 15.6. The quantitative estimate of drug-likeness (QED) is 0.0762. The molecule has 0 unspecified atom stereocenters. The minimum absolute atomic E-state index is 0.0342. The number of carbonyl (C=O) groups is 6. The van der Waals surface area contributed by atoms with E-state index in [1.807, 2.05) is 50.2 Å². The van der Waals surface area contributed by atoms with Crippen LogP contribution in [0.5, 0.6) is 0 Å². The van der Waals surface area contributed by atoms with Crippen LogP contribution in [0.3, 0.4) is 0 Å². The van der Waals surface area contributed by atoms with Crippen molar-refractivity contribution in [1.82, 2.24) is 19.6 Å². The van der Waals surface area contributed by atoms with Crippen LogP contribution in [0.15, 0.2) is 84.9 Å². The molecule has 0 saturated carbocycles. The highest BCUT2D eigenvalue weighted by Gasteiger charge is 2.46. The van der Waals surface area contributed by atoms with E-state index in [0.717, 1.165) is 36.1 Å². The summed E-state index contributed by atoms with van der Waals surface area (Å²) in [7, 11) is 0. The first-order chi connectivity index (χ1) is 34.1. The molecule has 4 aromatic carbocycles. The second kappa shape index (κ2) is 23.9. The van der Waals surface area contributed by atoms with Crippen molar-refractivity contribution in [3.8, 4) is 0 Å². The van der Waals surface area contributed by atoms with E-state index in [0.29, 0.717) is 74.7 Å². The smallest absolute Gasteiger partial charge is 0.328 e. The zero-order valence-corrected chi connectivity index (χ0v) is 39.6. The number of halogens is 6. The van der Waals surface area contributed by atoms with Gasteiger partial charge < -0.3 is 41.3 Å². The van der Waals surface area contributed by atoms with E-state index >= 15 is 0 Å². The van der Waals surface area contributed by atoms with Gasteiger partial charge >= 0.3 is 11.9 Å². The Bertz CT molecular complexity index is 2550. The molecule has 6 atom stereocenters. The van der Waals surface area contributed by atoms with Crippen LogP contribution in [-0.2, 0) is 32.0 Å². The predicted octanol–water partition coefficient (Wildman–Crippen LogP) is 5.80. The molecule has 4 aliphatic rings. The van der Waals surface area contributed by atoms with Crippen LogP contribution in [0.2, 0.25) is 0 Å². The van der Waals surface area contributed by atoms with Crippen molar-refractivity contribution >= 4 is 35.6 Å². The summed E-state index contributed by atoms with van der Waals surface area (Å²) in [5.74, 6) is -9.07. The number of rotatable bonds is 12. The number of aliphatic carboxylic acids is 2. The molecule has 384 valence electrons. The molecule has 0 spiro atoms. The molecule has 6 N–H and O–H groups in total. The van der Waals surface area contributed by atoms with Gasteiger partial charge in [0.2, 0.25) is 11.8 Å². The zero-order chi connectivity index (χ0) is 52.6. The van der Waals surface area contributed by atoms with Gasteiger partial charge in [-0.3, -0.25) is 19.2 Å². The Kier molecular flexibility index (Phi) is 18.0. The highest BCUT2D eigenvalue weighted by atomic mass is 19.2. The van der Waals surface area contributed by atoms with Crippen LogP contribution in [0.1, 0.15) is 68.7 Å². The molecule has 0 aromatic heterocycles. The Morgan fingerprint density at radius 3 is 1.26 bits per heavy atom. The molecule has 4 amide bonds. The van der Waals surface area contributed by atoms with Gasteiger partial charge in [0.1, 0.15) is 11.6 Å². The average molecular weight is 1010 g/mol. The van der Waals surface area contributed by atoms with Gasteiger partial charge in [0.05, 0.1) is 12.1 Å². The van der Waals surface area contributed by atoms with Gasteiger partial charge in [-0.25, -0.2) is 35.9 Å². The monoisotopic (exact) mass is 1010 g/mol. The van der Waals surface area contributed by atoms with E-state index in [2.05, 4.69) is 0 Å². The first kappa shape index (κ1) is 54.3. The molecular formula is C52H56F6N6O8. The van der Waals surface area contributed by atoms with Gasteiger partial charge in [-0.05, 0) is 87.1 Å². The normalized spacial score (nSPS) is 19.8. The summed E-state index contributed by atoms with van der Waals surface area (Å²) in [6.45, 7) is 7.20. The average Bonchev–Trinajstić information content (AvgIpc) is 4.12. The molecule has 0 aliphatic carbocycles. The standard InChI is InChI=1S/2C24H26F3N3O2.C4H4O4/c2*1-14-3-2-4-15(7-14)24(32)29-12-16-5-6-30(22(16)13-29)23(31)10-18(28)8-17-9-20(26)21(27)11-19(17)25;5-3(6)1-2-4(7)8/h2*2-4,7,9,11,16,18,22H,5-6,8,10,12-13,28H2,1H3;1-2H,(H,5,6)(H,7,8)/b;;2-1+/t2*16-,18+,22+;/m00./s1. The molecular weight excluding hydrogens is 951 g/mol. The summed E-state index contributed by atoms with van der Waals surface area (Å²) < 4.78 is 80.9. The van der Waals surface area contributed by atoms with Crippen molar-refractivity contribution in [3.63, 3.8) is 0 Å². The van der Waals surface area contributed by atoms with Crippen LogP contribution < -0.4 is 11.5 Å². The highest BCUT2D eigenvalue weighted by molar-refractivity contribution is 5.95. The van der Waals surface area contributed by atoms with Crippen molar-refractivity contribution in [2.75, 3.05) is 39.3 Å². The number of carboxylic acids is 2. The van der Waals surface area contributed by atoms with E-state index in [9.17, 15) is 55.1 Å². The van der Waals surface area contributed by atoms with E-state index in [-0.39, 0.29) is 84.4 Å². The van der Waals surface area contributed by atoms with Crippen molar-refractivity contribution in [1.29, 1.82) is 0 Å². The topological polar surface area (TPSA) is 208 Å². The van der Waals surface area contributed by atoms with Gasteiger partial charge in [0, 0.05) is 111 Å². The van der Waals surface area contributed by atoms with Gasteiger partial charge in [-0.1, -0.05) is 35.4 Å². The molecule has 4 heterocycles. The van der Waals surface area contributed by atoms with Gasteiger partial charge in [-0.2, -0.15) is 0 Å². The fourth-order valence-corrected chi connectivity index (χ4v) is 9.77. The number of amides is 4. The third kappa shape index (κ3) is 13.9. The first-order valence-corrected chi connectivity index (χ1v) is 23.3. The number of nitrogens with two attached hydrogens (primary N) is 2. The summed E-state index contributed by atoms with van der Waals surface area (Å²) >= 11 is 0. The predicted molar refractivity (Wildman–Crippen MR) is 251 cm³/mol. The summed E-state index contributed by atoms with van der Waals surface area (Å²) in [4.78, 5) is 77.8. The number of carboxylic acid groups (broad SMARTS) is 2. The van der Waals surface area contributed by atoms with Crippen LogP contribution >= 0.6 is 0 Å². The molecule has 4 saturated heterocycles. The second-order valence-electron chi connectivity index (χ2n) is 18.6.